The first-order valence-electron chi connectivity index (χ1n) is 14.1. The highest BCUT2D eigenvalue weighted by Crippen LogP contribution is 2.53. The van der Waals surface area contributed by atoms with E-state index < -0.39 is 16.7 Å². The molecule has 8 nitrogen and oxygen atoms in total. The van der Waals surface area contributed by atoms with Crippen LogP contribution >= 0.6 is 11.6 Å². The van der Waals surface area contributed by atoms with Crippen molar-refractivity contribution in [1.82, 2.24) is 19.5 Å². The summed E-state index contributed by atoms with van der Waals surface area (Å²) in [4.78, 5) is 33.9. The molecule has 0 radical (unpaired) electrons. The standard InChI is InChI=1S/C30H36ClF2N5O3/c1-15(2)12-37(17(5)16(3)4)27-11-24(18-7-22(32)29(31)23(33)8-18)34-26-10-25(35-38(26)27)30(40)36-13-20-19(21(20)14-36)9-28(39)41-6/h7-8,10-11,15-17,19-21H,9,12-14H2,1-6H3/t17-,19-,20-,21+/m1/s1. The molecule has 1 amide bonds. The van der Waals surface area contributed by atoms with E-state index in [0.717, 1.165) is 12.1 Å². The number of methoxy groups -OCH3 is 1. The lowest BCUT2D eigenvalue weighted by Gasteiger charge is -2.35. The van der Waals surface area contributed by atoms with Crippen molar-refractivity contribution >= 4 is 34.9 Å². The second-order valence-corrected chi connectivity index (χ2v) is 12.4. The molecule has 1 aliphatic carbocycles. The average molecular weight is 588 g/mol. The molecule has 220 valence electrons. The topological polar surface area (TPSA) is 80.0 Å². The van der Waals surface area contributed by atoms with Crippen LogP contribution in [0.25, 0.3) is 16.9 Å². The Labute approximate surface area is 243 Å². The van der Waals surface area contributed by atoms with Crippen LogP contribution in [0.2, 0.25) is 5.02 Å². The van der Waals surface area contributed by atoms with Crippen LogP contribution < -0.4 is 4.90 Å². The third kappa shape index (κ3) is 5.63. The summed E-state index contributed by atoms with van der Waals surface area (Å²) < 4.78 is 35.3. The second-order valence-electron chi connectivity index (χ2n) is 12.1. The van der Waals surface area contributed by atoms with Gasteiger partial charge in [0, 0.05) is 49.8 Å². The summed E-state index contributed by atoms with van der Waals surface area (Å²) in [6, 6.07) is 5.81. The van der Waals surface area contributed by atoms with Crippen LogP contribution in [0.1, 0.15) is 51.5 Å². The van der Waals surface area contributed by atoms with Gasteiger partial charge in [-0.1, -0.05) is 39.3 Å². The van der Waals surface area contributed by atoms with Crippen molar-refractivity contribution in [3.8, 4) is 11.3 Å². The molecule has 3 heterocycles. The summed E-state index contributed by atoms with van der Waals surface area (Å²) >= 11 is 5.74. The van der Waals surface area contributed by atoms with Crippen LogP contribution in [0.4, 0.5) is 14.6 Å². The number of hydrogen-bond acceptors (Lipinski definition) is 6. The van der Waals surface area contributed by atoms with Gasteiger partial charge in [-0.2, -0.15) is 9.61 Å². The van der Waals surface area contributed by atoms with E-state index in [-0.39, 0.29) is 41.0 Å². The fourth-order valence-corrected chi connectivity index (χ4v) is 6.01. The zero-order chi connectivity index (χ0) is 29.7. The number of carbonyl (C=O) groups excluding carboxylic acids is 2. The fourth-order valence-electron chi connectivity index (χ4n) is 5.90. The summed E-state index contributed by atoms with van der Waals surface area (Å²) in [6.07, 6.45) is 0.379. The van der Waals surface area contributed by atoms with E-state index in [1.165, 1.54) is 7.11 Å². The van der Waals surface area contributed by atoms with Crippen molar-refractivity contribution in [2.75, 3.05) is 31.6 Å². The van der Waals surface area contributed by atoms with Crippen LogP contribution in [-0.4, -0.2) is 64.2 Å². The number of esters is 1. The van der Waals surface area contributed by atoms with Gasteiger partial charge in [-0.3, -0.25) is 9.59 Å². The Kier molecular flexibility index (Phi) is 7.98. The van der Waals surface area contributed by atoms with Gasteiger partial charge >= 0.3 is 5.97 Å². The van der Waals surface area contributed by atoms with E-state index in [9.17, 15) is 18.4 Å². The van der Waals surface area contributed by atoms with Gasteiger partial charge in [0.25, 0.3) is 5.91 Å². The maximum atomic E-state index is 14.4. The lowest BCUT2D eigenvalue weighted by Crippen LogP contribution is -2.40. The van der Waals surface area contributed by atoms with Crippen LogP contribution in [0.15, 0.2) is 24.3 Å². The average Bonchev–Trinajstić information content (AvgIpc) is 3.27. The lowest BCUT2D eigenvalue weighted by atomic mass is 10.0. The zero-order valence-electron chi connectivity index (χ0n) is 24.2. The number of benzene rings is 1. The summed E-state index contributed by atoms with van der Waals surface area (Å²) in [5.74, 6) is -0.0679. The van der Waals surface area contributed by atoms with E-state index in [0.29, 0.717) is 61.0 Å². The number of halogens is 3. The van der Waals surface area contributed by atoms with Crippen LogP contribution in [0, 0.1) is 41.2 Å². The molecular weight excluding hydrogens is 552 g/mol. The van der Waals surface area contributed by atoms with E-state index in [1.54, 1.807) is 21.5 Å². The van der Waals surface area contributed by atoms with Crippen molar-refractivity contribution in [3.05, 3.63) is 46.6 Å². The van der Waals surface area contributed by atoms with Crippen molar-refractivity contribution in [2.24, 2.45) is 29.6 Å². The molecule has 1 saturated heterocycles. The molecule has 11 heteroatoms. The Morgan fingerprint density at radius 2 is 1.71 bits per heavy atom. The molecule has 0 unspecified atom stereocenters. The molecule has 0 bridgehead atoms. The van der Waals surface area contributed by atoms with Crippen LogP contribution in [-0.2, 0) is 9.53 Å². The number of hydrogen-bond donors (Lipinski definition) is 0. The SMILES string of the molecule is COC(=O)C[C@@H]1[C@H]2CN(C(=O)c3cc4nc(-c5cc(F)c(Cl)c(F)c5)cc(N(CC(C)C)[C@H](C)C(C)C)n4n3)C[C@@H]12. The molecule has 1 aliphatic heterocycles. The zero-order valence-corrected chi connectivity index (χ0v) is 25.0. The summed E-state index contributed by atoms with van der Waals surface area (Å²) in [5, 5.41) is 4.14. The maximum Gasteiger partial charge on any atom is 0.305 e. The van der Waals surface area contributed by atoms with Gasteiger partial charge in [-0.05, 0) is 48.6 Å². The number of amides is 1. The van der Waals surface area contributed by atoms with Gasteiger partial charge < -0.3 is 14.5 Å². The first-order valence-corrected chi connectivity index (χ1v) is 14.5. The van der Waals surface area contributed by atoms with Crippen molar-refractivity contribution in [2.45, 2.75) is 47.1 Å². The number of anilines is 1. The Bertz CT molecular complexity index is 1460. The molecule has 0 N–H and O–H groups in total. The van der Waals surface area contributed by atoms with Crippen LogP contribution in [0.5, 0.6) is 0 Å². The number of nitrogens with zero attached hydrogens (tertiary/aromatic N) is 5. The highest BCUT2D eigenvalue weighted by molar-refractivity contribution is 6.31. The highest BCUT2D eigenvalue weighted by atomic mass is 35.5. The summed E-state index contributed by atoms with van der Waals surface area (Å²) in [5.41, 5.74) is 1.23. The number of aromatic nitrogens is 3. The van der Waals surface area contributed by atoms with Gasteiger partial charge in [0.05, 0.1) is 12.8 Å². The van der Waals surface area contributed by atoms with Crippen molar-refractivity contribution < 1.29 is 23.1 Å². The third-order valence-electron chi connectivity index (χ3n) is 8.51. The van der Waals surface area contributed by atoms with E-state index in [2.05, 4.69) is 44.5 Å². The highest BCUT2D eigenvalue weighted by Gasteiger charge is 2.57. The predicted molar refractivity (Wildman–Crippen MR) is 153 cm³/mol. The number of rotatable bonds is 9. The Morgan fingerprint density at radius 1 is 1.07 bits per heavy atom. The van der Waals surface area contributed by atoms with Crippen LogP contribution in [0.3, 0.4) is 0 Å². The minimum atomic E-state index is -0.873. The number of likely N-dealkylation sites (tertiary alicyclic amines) is 1. The molecule has 2 fully saturated rings. The molecular formula is C30H36ClF2N5O3. The first kappa shape index (κ1) is 29.2. The fraction of sp³-hybridized carbons (Fsp3) is 0.533. The van der Waals surface area contributed by atoms with Gasteiger partial charge in [0.15, 0.2) is 11.3 Å². The van der Waals surface area contributed by atoms with Gasteiger partial charge in [-0.15, -0.1) is 0 Å². The third-order valence-corrected chi connectivity index (χ3v) is 8.87. The molecule has 4 atom stereocenters. The monoisotopic (exact) mass is 587 g/mol. The quantitative estimate of drug-likeness (QED) is 0.235. The molecule has 5 rings (SSSR count). The smallest absolute Gasteiger partial charge is 0.305 e. The Hall–Kier alpha value is -3.27. The largest absolute Gasteiger partial charge is 0.469 e. The molecule has 2 aromatic heterocycles. The normalized spacial score (nSPS) is 20.6. The number of fused-ring (bicyclic) bond motifs is 2. The molecule has 1 saturated carbocycles. The molecule has 41 heavy (non-hydrogen) atoms. The predicted octanol–water partition coefficient (Wildman–Crippen LogP) is 5.72. The van der Waals surface area contributed by atoms with E-state index >= 15 is 0 Å². The van der Waals surface area contributed by atoms with Crippen molar-refractivity contribution in [1.29, 1.82) is 0 Å². The lowest BCUT2D eigenvalue weighted by molar-refractivity contribution is -0.141. The summed E-state index contributed by atoms with van der Waals surface area (Å²) in [7, 11) is 1.39. The van der Waals surface area contributed by atoms with E-state index in [1.807, 2.05) is 0 Å². The van der Waals surface area contributed by atoms with Gasteiger partial charge in [0.2, 0.25) is 0 Å². The molecule has 2 aliphatic rings. The summed E-state index contributed by atoms with van der Waals surface area (Å²) in [6.45, 7) is 12.5. The Balaban J connectivity index is 1.54. The Morgan fingerprint density at radius 3 is 2.27 bits per heavy atom. The number of carbonyl (C=O) groups is 2. The van der Waals surface area contributed by atoms with Gasteiger partial charge in [-0.25, -0.2) is 13.8 Å². The first-order chi connectivity index (χ1) is 19.4. The van der Waals surface area contributed by atoms with Gasteiger partial charge in [0.1, 0.15) is 22.5 Å². The van der Waals surface area contributed by atoms with E-state index in [4.69, 9.17) is 21.4 Å². The number of ether oxygens (including phenoxy) is 1. The maximum absolute atomic E-state index is 14.4. The number of piperidine rings is 1. The molecule has 3 aromatic rings. The molecule has 0 spiro atoms. The van der Waals surface area contributed by atoms with Crippen molar-refractivity contribution in [3.63, 3.8) is 0 Å². The minimum absolute atomic E-state index is 0.0929. The minimum Gasteiger partial charge on any atom is -0.469 e. The molecule has 1 aromatic carbocycles. The second kappa shape index (κ2) is 11.2.